The second kappa shape index (κ2) is 11.5. The molecule has 1 fully saturated rings. The number of nitrogens with one attached hydrogen (secondary N) is 1. The van der Waals surface area contributed by atoms with Gasteiger partial charge in [-0.25, -0.2) is 4.79 Å². The van der Waals surface area contributed by atoms with Gasteiger partial charge in [-0.2, -0.15) is 0 Å². The monoisotopic (exact) mass is 548 g/mol. The van der Waals surface area contributed by atoms with E-state index >= 15 is 0 Å². The summed E-state index contributed by atoms with van der Waals surface area (Å²) in [6.45, 7) is 8.82. The molecule has 1 aromatic heterocycles. The number of nitrogens with zero attached hydrogens (tertiary/aromatic N) is 3. The number of amides is 2. The van der Waals surface area contributed by atoms with Crippen LogP contribution in [0.15, 0.2) is 71.2 Å². The van der Waals surface area contributed by atoms with E-state index in [0.717, 1.165) is 61.5 Å². The SMILES string of the molecule is CCn1c2ccccc2c2cc(CN(CCCN3CCOCC3)C(=O)Nc3cccc(Br)c3)ccc21. The maximum absolute atomic E-state index is 13.4. The lowest BCUT2D eigenvalue weighted by Gasteiger charge is -2.28. The van der Waals surface area contributed by atoms with E-state index in [1.807, 2.05) is 29.2 Å². The Balaban J connectivity index is 1.37. The normalized spacial score (nSPS) is 14.4. The second-order valence-electron chi connectivity index (χ2n) is 9.28. The number of urea groups is 1. The number of ether oxygens (including phenoxy) is 1. The minimum absolute atomic E-state index is 0.0776. The summed E-state index contributed by atoms with van der Waals surface area (Å²) in [4.78, 5) is 17.7. The smallest absolute Gasteiger partial charge is 0.322 e. The fourth-order valence-electron chi connectivity index (χ4n) is 5.09. The van der Waals surface area contributed by atoms with Crippen molar-refractivity contribution in [2.75, 3.05) is 44.7 Å². The topological polar surface area (TPSA) is 49.7 Å². The lowest BCUT2D eigenvalue weighted by atomic mass is 10.1. The van der Waals surface area contributed by atoms with Crippen LogP contribution in [0, 0.1) is 0 Å². The van der Waals surface area contributed by atoms with Crippen LogP contribution >= 0.6 is 15.9 Å². The van der Waals surface area contributed by atoms with Gasteiger partial charge in [-0.3, -0.25) is 4.90 Å². The van der Waals surface area contributed by atoms with Crippen LogP contribution in [0.4, 0.5) is 10.5 Å². The molecule has 5 rings (SSSR count). The Labute approximate surface area is 220 Å². The van der Waals surface area contributed by atoms with Crippen LogP contribution in [0.1, 0.15) is 18.9 Å². The summed E-state index contributed by atoms with van der Waals surface area (Å²) in [7, 11) is 0. The van der Waals surface area contributed by atoms with Gasteiger partial charge in [0.25, 0.3) is 0 Å². The number of para-hydroxylation sites is 1. The molecule has 0 aliphatic carbocycles. The lowest BCUT2D eigenvalue weighted by molar-refractivity contribution is 0.0365. The number of carbonyl (C=O) groups is 1. The first-order valence-electron chi connectivity index (χ1n) is 12.7. The number of aryl methyl sites for hydroxylation is 1. The van der Waals surface area contributed by atoms with E-state index in [0.29, 0.717) is 13.1 Å². The predicted molar refractivity (Wildman–Crippen MR) is 151 cm³/mol. The number of hydrogen-bond donors (Lipinski definition) is 1. The van der Waals surface area contributed by atoms with Gasteiger partial charge in [0.05, 0.1) is 13.2 Å². The molecule has 36 heavy (non-hydrogen) atoms. The first-order valence-corrected chi connectivity index (χ1v) is 13.5. The highest BCUT2D eigenvalue weighted by molar-refractivity contribution is 9.10. The molecule has 2 amide bonds. The number of anilines is 1. The van der Waals surface area contributed by atoms with Gasteiger partial charge in [0.2, 0.25) is 0 Å². The number of aromatic nitrogens is 1. The average molecular weight is 550 g/mol. The third-order valence-electron chi connectivity index (χ3n) is 6.90. The summed E-state index contributed by atoms with van der Waals surface area (Å²) in [5.74, 6) is 0. The van der Waals surface area contributed by atoms with E-state index in [2.05, 4.69) is 80.1 Å². The van der Waals surface area contributed by atoms with Gasteiger partial charge < -0.3 is 19.5 Å². The molecule has 0 radical (unpaired) electrons. The summed E-state index contributed by atoms with van der Waals surface area (Å²) >= 11 is 3.50. The zero-order valence-corrected chi connectivity index (χ0v) is 22.3. The number of morpholine rings is 1. The van der Waals surface area contributed by atoms with Crippen molar-refractivity contribution in [1.29, 1.82) is 0 Å². The maximum Gasteiger partial charge on any atom is 0.322 e. The van der Waals surface area contributed by atoms with E-state index in [1.54, 1.807) is 0 Å². The van der Waals surface area contributed by atoms with Crippen LogP contribution < -0.4 is 5.32 Å². The van der Waals surface area contributed by atoms with Gasteiger partial charge in [0.15, 0.2) is 0 Å². The molecule has 2 heterocycles. The number of rotatable bonds is 8. The highest BCUT2D eigenvalue weighted by Gasteiger charge is 2.17. The Hall–Kier alpha value is -2.87. The Morgan fingerprint density at radius 2 is 1.81 bits per heavy atom. The third kappa shape index (κ3) is 5.59. The fourth-order valence-corrected chi connectivity index (χ4v) is 5.49. The maximum atomic E-state index is 13.4. The van der Waals surface area contributed by atoms with E-state index in [9.17, 15) is 4.79 Å². The summed E-state index contributed by atoms with van der Waals surface area (Å²) in [6, 6.07) is 22.8. The molecule has 1 saturated heterocycles. The van der Waals surface area contributed by atoms with E-state index in [1.165, 1.54) is 21.8 Å². The standard InChI is InChI=1S/C29H33BrN4O2/c1-2-34-27-10-4-3-9-25(27)26-19-22(11-12-28(26)34)21-33(14-6-13-32-15-17-36-18-16-32)29(35)31-24-8-5-7-23(30)20-24/h3-5,7-12,19-20H,2,6,13-18,21H2,1H3,(H,31,35). The molecular formula is C29H33BrN4O2. The summed E-state index contributed by atoms with van der Waals surface area (Å²) in [5, 5.41) is 5.59. The van der Waals surface area contributed by atoms with Crippen molar-refractivity contribution >= 4 is 49.5 Å². The summed E-state index contributed by atoms with van der Waals surface area (Å²) < 4.78 is 8.77. The Morgan fingerprint density at radius 1 is 1.00 bits per heavy atom. The minimum Gasteiger partial charge on any atom is -0.379 e. The Bertz CT molecular complexity index is 1350. The quantitative estimate of drug-likeness (QED) is 0.279. The molecule has 0 unspecified atom stereocenters. The van der Waals surface area contributed by atoms with E-state index in [4.69, 9.17) is 4.74 Å². The van der Waals surface area contributed by atoms with Crippen molar-refractivity contribution in [3.63, 3.8) is 0 Å². The molecule has 6 nitrogen and oxygen atoms in total. The van der Waals surface area contributed by atoms with Crippen molar-refractivity contribution in [2.24, 2.45) is 0 Å². The lowest BCUT2D eigenvalue weighted by Crippen LogP contribution is -2.40. The van der Waals surface area contributed by atoms with Crippen LogP contribution in [-0.4, -0.2) is 59.8 Å². The molecule has 1 aliphatic rings. The van der Waals surface area contributed by atoms with E-state index in [-0.39, 0.29) is 6.03 Å². The molecule has 1 N–H and O–H groups in total. The van der Waals surface area contributed by atoms with Gasteiger partial charge in [0, 0.05) is 71.2 Å². The van der Waals surface area contributed by atoms with Crippen molar-refractivity contribution in [3.8, 4) is 0 Å². The highest BCUT2D eigenvalue weighted by atomic mass is 79.9. The Kier molecular flexibility index (Phi) is 7.90. The first kappa shape index (κ1) is 24.8. The van der Waals surface area contributed by atoms with Gasteiger partial charge in [-0.05, 0) is 55.3 Å². The summed E-state index contributed by atoms with van der Waals surface area (Å²) in [6.07, 6.45) is 0.920. The molecule has 1 aliphatic heterocycles. The minimum atomic E-state index is -0.0776. The van der Waals surface area contributed by atoms with Crippen LogP contribution in [0.25, 0.3) is 21.8 Å². The van der Waals surface area contributed by atoms with E-state index < -0.39 is 0 Å². The van der Waals surface area contributed by atoms with Gasteiger partial charge in [0.1, 0.15) is 0 Å². The number of fused-ring (bicyclic) bond motifs is 3. The number of carbonyl (C=O) groups excluding carboxylic acids is 1. The van der Waals surface area contributed by atoms with Crippen LogP contribution in [0.2, 0.25) is 0 Å². The largest absolute Gasteiger partial charge is 0.379 e. The van der Waals surface area contributed by atoms with Crippen molar-refractivity contribution in [3.05, 3.63) is 76.8 Å². The van der Waals surface area contributed by atoms with Crippen molar-refractivity contribution in [2.45, 2.75) is 26.4 Å². The summed E-state index contributed by atoms with van der Waals surface area (Å²) in [5.41, 5.74) is 4.41. The third-order valence-corrected chi connectivity index (χ3v) is 7.39. The molecule has 0 saturated carbocycles. The van der Waals surface area contributed by atoms with Crippen molar-refractivity contribution < 1.29 is 9.53 Å². The molecule has 4 aromatic rings. The zero-order valence-electron chi connectivity index (χ0n) is 20.8. The number of halogens is 1. The molecular weight excluding hydrogens is 516 g/mol. The predicted octanol–water partition coefficient (Wildman–Crippen LogP) is 6.33. The molecule has 188 valence electrons. The second-order valence-corrected chi connectivity index (χ2v) is 10.2. The molecule has 3 aromatic carbocycles. The average Bonchev–Trinajstić information content (AvgIpc) is 3.21. The fraction of sp³-hybridized carbons (Fsp3) is 0.345. The van der Waals surface area contributed by atoms with Crippen LogP contribution in [0.5, 0.6) is 0 Å². The highest BCUT2D eigenvalue weighted by Crippen LogP contribution is 2.30. The molecule has 0 atom stereocenters. The first-order chi connectivity index (χ1) is 17.6. The molecule has 0 spiro atoms. The van der Waals surface area contributed by atoms with Gasteiger partial charge in [-0.1, -0.05) is 46.3 Å². The van der Waals surface area contributed by atoms with Crippen LogP contribution in [0.3, 0.4) is 0 Å². The number of benzene rings is 3. The number of hydrogen-bond acceptors (Lipinski definition) is 3. The Morgan fingerprint density at radius 3 is 2.61 bits per heavy atom. The van der Waals surface area contributed by atoms with Crippen LogP contribution in [-0.2, 0) is 17.8 Å². The van der Waals surface area contributed by atoms with Gasteiger partial charge >= 0.3 is 6.03 Å². The van der Waals surface area contributed by atoms with Gasteiger partial charge in [-0.15, -0.1) is 0 Å². The van der Waals surface area contributed by atoms with Crippen molar-refractivity contribution in [1.82, 2.24) is 14.4 Å². The molecule has 0 bridgehead atoms. The zero-order chi connectivity index (χ0) is 24.9. The molecule has 7 heteroatoms.